The summed E-state index contributed by atoms with van der Waals surface area (Å²) >= 11 is 0. The van der Waals surface area contributed by atoms with Crippen LogP contribution in [0.3, 0.4) is 0 Å². The lowest BCUT2D eigenvalue weighted by Gasteiger charge is -2.16. The van der Waals surface area contributed by atoms with Gasteiger partial charge in [-0.1, -0.05) is 0 Å². The number of ether oxygens (including phenoxy) is 1. The van der Waals surface area contributed by atoms with Gasteiger partial charge in [-0.15, -0.1) is 0 Å². The van der Waals surface area contributed by atoms with Gasteiger partial charge >= 0.3 is 0 Å². The maximum absolute atomic E-state index is 10.4. The predicted octanol–water partition coefficient (Wildman–Crippen LogP) is -1.31. The Balaban J connectivity index is 1.55. The number of hydrogen-bond acceptors (Lipinski definition) is 5. The Morgan fingerprint density at radius 1 is 0.920 bits per heavy atom. The van der Waals surface area contributed by atoms with Crippen LogP contribution in [0.4, 0.5) is 0 Å². The monoisotopic (exact) mass is 358 g/mol. The maximum Gasteiger partial charge on any atom is 0.271 e. The molecule has 13 nitrogen and oxygen atoms in total. The Kier molecular flexibility index (Phi) is 7.13. The maximum atomic E-state index is 10.4. The van der Waals surface area contributed by atoms with Crippen molar-refractivity contribution in [2.75, 3.05) is 52.5 Å². The van der Waals surface area contributed by atoms with Crippen LogP contribution in [0.5, 0.6) is 0 Å². The molecule has 25 heavy (non-hydrogen) atoms. The quantitative estimate of drug-likeness (QED) is 0.275. The molecule has 2 fully saturated rings. The molecule has 0 amide bonds. The van der Waals surface area contributed by atoms with Crippen LogP contribution in [0, 0.1) is 20.2 Å². The van der Waals surface area contributed by atoms with Gasteiger partial charge in [-0.2, -0.15) is 0 Å². The van der Waals surface area contributed by atoms with Crippen molar-refractivity contribution >= 4 is 11.9 Å². The SMILES string of the molecule is O=[N+]([O-])N=C1NCCN1CCCOCCCN1CCNC1=N[N+](=O)[O-]. The molecule has 2 N–H and O–H groups in total. The molecule has 0 unspecified atom stereocenters. The minimum atomic E-state index is -0.707. The molecule has 0 aliphatic carbocycles. The number of hydrogen-bond donors (Lipinski definition) is 2. The fourth-order valence-corrected chi connectivity index (χ4v) is 2.65. The first-order valence-corrected chi connectivity index (χ1v) is 8.07. The van der Waals surface area contributed by atoms with Gasteiger partial charge in [0.2, 0.25) is 0 Å². The zero-order valence-corrected chi connectivity index (χ0v) is 13.8. The molecule has 0 bridgehead atoms. The van der Waals surface area contributed by atoms with E-state index in [2.05, 4.69) is 20.8 Å². The van der Waals surface area contributed by atoms with E-state index >= 15 is 0 Å². The minimum Gasteiger partial charge on any atom is -0.381 e. The summed E-state index contributed by atoms with van der Waals surface area (Å²) in [5.41, 5.74) is 0. The number of rotatable bonds is 10. The average molecular weight is 358 g/mol. The van der Waals surface area contributed by atoms with Crippen LogP contribution < -0.4 is 10.6 Å². The van der Waals surface area contributed by atoms with E-state index in [1.165, 1.54) is 0 Å². The van der Waals surface area contributed by atoms with E-state index in [9.17, 15) is 20.2 Å². The summed E-state index contributed by atoms with van der Waals surface area (Å²) in [6.45, 7) is 5.01. The molecule has 0 spiro atoms. The lowest BCUT2D eigenvalue weighted by atomic mass is 10.4. The molecular formula is C12H22N8O5. The van der Waals surface area contributed by atoms with E-state index < -0.39 is 10.1 Å². The Labute approximate surface area is 144 Å². The summed E-state index contributed by atoms with van der Waals surface area (Å²) in [5, 5.41) is 31.8. The number of nitrogens with one attached hydrogen (secondary N) is 2. The zero-order valence-electron chi connectivity index (χ0n) is 13.8. The first kappa shape index (κ1) is 18.6. The largest absolute Gasteiger partial charge is 0.381 e. The molecule has 2 heterocycles. The van der Waals surface area contributed by atoms with Crippen molar-refractivity contribution < 1.29 is 14.8 Å². The van der Waals surface area contributed by atoms with E-state index in [1.807, 2.05) is 9.80 Å². The molecule has 0 atom stereocenters. The molecule has 0 aromatic heterocycles. The second-order valence-corrected chi connectivity index (χ2v) is 5.47. The summed E-state index contributed by atoms with van der Waals surface area (Å²) in [5.74, 6) is 0.591. The summed E-state index contributed by atoms with van der Waals surface area (Å²) in [7, 11) is 0. The van der Waals surface area contributed by atoms with Crippen LogP contribution in [0.2, 0.25) is 0 Å². The molecule has 140 valence electrons. The molecule has 2 aliphatic rings. The number of nitro groups is 2. The van der Waals surface area contributed by atoms with Gasteiger partial charge in [-0.25, -0.2) is 20.2 Å². The smallest absolute Gasteiger partial charge is 0.271 e. The van der Waals surface area contributed by atoms with Gasteiger partial charge in [0.1, 0.15) is 10.2 Å². The van der Waals surface area contributed by atoms with Gasteiger partial charge in [0.25, 0.3) is 11.9 Å². The van der Waals surface area contributed by atoms with Crippen molar-refractivity contribution in [1.29, 1.82) is 0 Å². The van der Waals surface area contributed by atoms with E-state index in [0.717, 1.165) is 12.8 Å². The van der Waals surface area contributed by atoms with Gasteiger partial charge in [0.05, 0.1) is 0 Å². The van der Waals surface area contributed by atoms with E-state index in [1.54, 1.807) is 0 Å². The molecule has 0 aromatic rings. The lowest BCUT2D eigenvalue weighted by molar-refractivity contribution is -0.485. The highest BCUT2D eigenvalue weighted by Gasteiger charge is 2.21. The Morgan fingerprint density at radius 2 is 1.36 bits per heavy atom. The average Bonchev–Trinajstić information content (AvgIpc) is 3.15. The second-order valence-electron chi connectivity index (χ2n) is 5.47. The van der Waals surface area contributed by atoms with E-state index in [-0.39, 0.29) is 0 Å². The van der Waals surface area contributed by atoms with Crippen molar-refractivity contribution in [2.45, 2.75) is 12.8 Å². The fraction of sp³-hybridized carbons (Fsp3) is 0.833. The summed E-state index contributed by atoms with van der Waals surface area (Å²) in [6.07, 6.45) is 1.47. The highest BCUT2D eigenvalue weighted by atomic mass is 16.7. The van der Waals surface area contributed by atoms with E-state index in [4.69, 9.17) is 4.74 Å². The highest BCUT2D eigenvalue weighted by Crippen LogP contribution is 2.02. The van der Waals surface area contributed by atoms with Crippen LogP contribution in [0.25, 0.3) is 0 Å². The molecular weight excluding hydrogens is 336 g/mol. The third-order valence-corrected chi connectivity index (χ3v) is 3.71. The van der Waals surface area contributed by atoms with Gasteiger partial charge in [-0.3, -0.25) is 0 Å². The van der Waals surface area contributed by atoms with Crippen molar-refractivity contribution in [3.63, 3.8) is 0 Å². The predicted molar refractivity (Wildman–Crippen MR) is 88.1 cm³/mol. The molecule has 13 heteroatoms. The Morgan fingerprint density at radius 3 is 1.76 bits per heavy atom. The molecule has 2 aliphatic heterocycles. The van der Waals surface area contributed by atoms with Crippen LogP contribution in [-0.2, 0) is 4.74 Å². The van der Waals surface area contributed by atoms with E-state index in [0.29, 0.717) is 64.4 Å². The highest BCUT2D eigenvalue weighted by molar-refractivity contribution is 5.81. The minimum absolute atomic E-state index is 0.296. The Bertz CT molecular complexity index is 494. The van der Waals surface area contributed by atoms with Crippen molar-refractivity contribution in [2.24, 2.45) is 10.2 Å². The van der Waals surface area contributed by atoms with Gasteiger partial charge in [0, 0.05) is 52.5 Å². The zero-order chi connectivity index (χ0) is 18.1. The molecule has 0 aromatic carbocycles. The van der Waals surface area contributed by atoms with Crippen LogP contribution in [0.15, 0.2) is 10.2 Å². The third-order valence-electron chi connectivity index (χ3n) is 3.71. The van der Waals surface area contributed by atoms with Crippen LogP contribution in [0.1, 0.15) is 12.8 Å². The van der Waals surface area contributed by atoms with Gasteiger partial charge in [0.15, 0.2) is 10.1 Å². The van der Waals surface area contributed by atoms with Crippen molar-refractivity contribution in [1.82, 2.24) is 20.4 Å². The second kappa shape index (κ2) is 9.56. The number of hydrazone groups is 2. The standard InChI is InChI=1S/C12H22N8O5/c21-19(22)15-11-13-3-7-17(11)5-1-9-25-10-2-6-18-8-4-14-12(18)16-20(23)24/h1-10H2,(H,13,15)(H,14,16). The fourth-order valence-electron chi connectivity index (χ4n) is 2.65. The molecule has 0 saturated carbocycles. The summed E-state index contributed by atoms with van der Waals surface area (Å²) < 4.78 is 5.54. The topological polar surface area (TPSA) is 151 Å². The third kappa shape index (κ3) is 6.37. The first-order valence-electron chi connectivity index (χ1n) is 8.07. The number of nitrogens with zero attached hydrogens (tertiary/aromatic N) is 6. The molecule has 0 radical (unpaired) electrons. The van der Waals surface area contributed by atoms with Crippen molar-refractivity contribution in [3.05, 3.63) is 20.2 Å². The normalized spacial score (nSPS) is 20.2. The molecule has 2 rings (SSSR count). The van der Waals surface area contributed by atoms with Gasteiger partial charge in [-0.05, 0) is 12.8 Å². The number of guanidine groups is 2. The van der Waals surface area contributed by atoms with Gasteiger partial charge < -0.3 is 25.2 Å². The van der Waals surface area contributed by atoms with Crippen LogP contribution in [-0.4, -0.2) is 84.3 Å². The molecule has 2 saturated heterocycles. The summed E-state index contributed by atoms with van der Waals surface area (Å²) in [6, 6.07) is 0. The first-order chi connectivity index (χ1) is 12.1. The Hall–Kier alpha value is -2.70. The summed E-state index contributed by atoms with van der Waals surface area (Å²) in [4.78, 5) is 24.5. The van der Waals surface area contributed by atoms with Crippen molar-refractivity contribution in [3.8, 4) is 0 Å². The lowest BCUT2D eigenvalue weighted by Crippen LogP contribution is -2.33. The van der Waals surface area contributed by atoms with Crippen LogP contribution >= 0.6 is 0 Å².